The standard InChI is InChI=1S/C24H28N4O2S/c1-17-21(18(2)28(27-17)20-12-8-5-9-13-20)16-25-24(30)22(14-15-31-3)26-23(29)19-10-6-4-7-11-19/h4-13,22H,14-16H2,1-3H3,(H,25,30)(H,26,29). The molecule has 162 valence electrons. The summed E-state index contributed by atoms with van der Waals surface area (Å²) in [5.41, 5.74) is 4.36. The number of aryl methyl sites for hydroxylation is 1. The van der Waals surface area contributed by atoms with Gasteiger partial charge >= 0.3 is 0 Å². The van der Waals surface area contributed by atoms with Crippen LogP contribution in [0.25, 0.3) is 5.69 Å². The van der Waals surface area contributed by atoms with Crippen molar-refractivity contribution in [2.75, 3.05) is 12.0 Å². The Morgan fingerprint density at radius 1 is 1.03 bits per heavy atom. The molecule has 0 saturated heterocycles. The average Bonchev–Trinajstić information content (AvgIpc) is 3.09. The molecule has 1 heterocycles. The van der Waals surface area contributed by atoms with E-state index in [4.69, 9.17) is 0 Å². The highest BCUT2D eigenvalue weighted by Crippen LogP contribution is 2.17. The fourth-order valence-electron chi connectivity index (χ4n) is 3.39. The minimum absolute atomic E-state index is 0.190. The number of nitrogens with one attached hydrogen (secondary N) is 2. The molecule has 0 fully saturated rings. The number of carbonyl (C=O) groups excluding carboxylic acids is 2. The van der Waals surface area contributed by atoms with Gasteiger partial charge in [-0.2, -0.15) is 16.9 Å². The Hall–Kier alpha value is -3.06. The normalized spacial score (nSPS) is 11.7. The van der Waals surface area contributed by atoms with Gasteiger partial charge in [0.1, 0.15) is 6.04 Å². The second kappa shape index (κ2) is 10.8. The number of amides is 2. The fraction of sp³-hybridized carbons (Fsp3) is 0.292. The zero-order chi connectivity index (χ0) is 22.2. The number of aromatic nitrogens is 2. The molecule has 0 bridgehead atoms. The summed E-state index contributed by atoms with van der Waals surface area (Å²) in [4.78, 5) is 25.5. The van der Waals surface area contributed by atoms with Gasteiger partial charge in [-0.3, -0.25) is 9.59 Å². The van der Waals surface area contributed by atoms with Gasteiger partial charge in [0.15, 0.2) is 0 Å². The Morgan fingerprint density at radius 2 is 1.68 bits per heavy atom. The van der Waals surface area contributed by atoms with E-state index < -0.39 is 6.04 Å². The van der Waals surface area contributed by atoms with Gasteiger partial charge in [-0.25, -0.2) is 4.68 Å². The number of benzene rings is 2. The molecule has 0 aliphatic carbocycles. The van der Waals surface area contributed by atoms with Crippen molar-refractivity contribution in [2.24, 2.45) is 0 Å². The number of carbonyl (C=O) groups is 2. The van der Waals surface area contributed by atoms with E-state index in [-0.39, 0.29) is 11.8 Å². The molecular weight excluding hydrogens is 408 g/mol. The number of nitrogens with zero attached hydrogens (tertiary/aromatic N) is 2. The Labute approximate surface area is 187 Å². The topological polar surface area (TPSA) is 76.0 Å². The van der Waals surface area contributed by atoms with Gasteiger partial charge in [-0.15, -0.1) is 0 Å². The monoisotopic (exact) mass is 436 g/mol. The third-order valence-electron chi connectivity index (χ3n) is 5.15. The van der Waals surface area contributed by atoms with Crippen LogP contribution in [0.2, 0.25) is 0 Å². The molecule has 2 amide bonds. The van der Waals surface area contributed by atoms with Crippen LogP contribution in [-0.2, 0) is 11.3 Å². The van der Waals surface area contributed by atoms with E-state index in [1.54, 1.807) is 23.9 Å². The van der Waals surface area contributed by atoms with Gasteiger partial charge < -0.3 is 10.6 Å². The molecule has 2 aromatic carbocycles. The Kier molecular flexibility index (Phi) is 7.89. The second-order valence-electron chi connectivity index (χ2n) is 7.29. The van der Waals surface area contributed by atoms with Crippen LogP contribution in [0.15, 0.2) is 60.7 Å². The molecular formula is C24H28N4O2S. The van der Waals surface area contributed by atoms with Crippen molar-refractivity contribution in [3.05, 3.63) is 83.2 Å². The minimum atomic E-state index is -0.593. The molecule has 0 saturated carbocycles. The lowest BCUT2D eigenvalue weighted by Gasteiger charge is -2.18. The first kappa shape index (κ1) is 22.6. The number of hydrogen-bond donors (Lipinski definition) is 2. The predicted octanol–water partition coefficient (Wildman–Crippen LogP) is 3.66. The Morgan fingerprint density at radius 3 is 2.32 bits per heavy atom. The lowest BCUT2D eigenvalue weighted by atomic mass is 10.1. The second-order valence-corrected chi connectivity index (χ2v) is 8.27. The van der Waals surface area contributed by atoms with Crippen LogP contribution in [-0.4, -0.2) is 39.6 Å². The van der Waals surface area contributed by atoms with Crippen molar-refractivity contribution in [2.45, 2.75) is 32.9 Å². The van der Waals surface area contributed by atoms with Crippen LogP contribution >= 0.6 is 11.8 Å². The molecule has 6 nitrogen and oxygen atoms in total. The maximum Gasteiger partial charge on any atom is 0.251 e. The van der Waals surface area contributed by atoms with Crippen molar-refractivity contribution in [3.63, 3.8) is 0 Å². The van der Waals surface area contributed by atoms with E-state index in [1.807, 2.05) is 73.3 Å². The lowest BCUT2D eigenvalue weighted by molar-refractivity contribution is -0.123. The minimum Gasteiger partial charge on any atom is -0.350 e. The average molecular weight is 437 g/mol. The first-order chi connectivity index (χ1) is 15.0. The molecule has 2 N–H and O–H groups in total. The van der Waals surface area contributed by atoms with Crippen LogP contribution in [0.4, 0.5) is 0 Å². The summed E-state index contributed by atoms with van der Waals surface area (Å²) in [6.45, 7) is 4.30. The summed E-state index contributed by atoms with van der Waals surface area (Å²) < 4.78 is 1.89. The van der Waals surface area contributed by atoms with E-state index in [2.05, 4.69) is 15.7 Å². The summed E-state index contributed by atoms with van der Waals surface area (Å²) >= 11 is 1.65. The van der Waals surface area contributed by atoms with Crippen LogP contribution in [0.3, 0.4) is 0 Å². The quantitative estimate of drug-likeness (QED) is 0.537. The fourth-order valence-corrected chi connectivity index (χ4v) is 3.86. The van der Waals surface area contributed by atoms with Gasteiger partial charge in [-0.1, -0.05) is 36.4 Å². The van der Waals surface area contributed by atoms with E-state index in [0.29, 0.717) is 18.5 Å². The highest BCUT2D eigenvalue weighted by atomic mass is 32.2. The number of para-hydroxylation sites is 1. The molecule has 1 atom stereocenters. The molecule has 0 aliphatic rings. The van der Waals surface area contributed by atoms with Gasteiger partial charge in [0.2, 0.25) is 5.91 Å². The highest BCUT2D eigenvalue weighted by molar-refractivity contribution is 7.98. The summed E-state index contributed by atoms with van der Waals surface area (Å²) in [6.07, 6.45) is 2.55. The van der Waals surface area contributed by atoms with Gasteiger partial charge in [0.05, 0.1) is 11.4 Å². The zero-order valence-corrected chi connectivity index (χ0v) is 18.9. The van der Waals surface area contributed by atoms with Crippen molar-refractivity contribution < 1.29 is 9.59 Å². The van der Waals surface area contributed by atoms with E-state index in [0.717, 1.165) is 28.4 Å². The van der Waals surface area contributed by atoms with E-state index >= 15 is 0 Å². The van der Waals surface area contributed by atoms with E-state index in [1.165, 1.54) is 0 Å². The van der Waals surface area contributed by atoms with Crippen molar-refractivity contribution >= 4 is 23.6 Å². The predicted molar refractivity (Wildman–Crippen MR) is 126 cm³/mol. The molecule has 0 aliphatic heterocycles. The maximum atomic E-state index is 12.9. The van der Waals surface area contributed by atoms with Crippen LogP contribution in [0.1, 0.15) is 33.7 Å². The molecule has 0 spiro atoms. The molecule has 1 aromatic heterocycles. The van der Waals surface area contributed by atoms with Crippen LogP contribution < -0.4 is 10.6 Å². The molecule has 7 heteroatoms. The first-order valence-electron chi connectivity index (χ1n) is 10.2. The number of rotatable bonds is 9. The summed E-state index contributed by atoms with van der Waals surface area (Å²) in [5.74, 6) is 0.340. The summed E-state index contributed by atoms with van der Waals surface area (Å²) in [7, 11) is 0. The van der Waals surface area contributed by atoms with Gasteiger partial charge in [0, 0.05) is 23.4 Å². The molecule has 1 unspecified atom stereocenters. The van der Waals surface area contributed by atoms with Gasteiger partial charge in [0.25, 0.3) is 5.91 Å². The SMILES string of the molecule is CSCCC(NC(=O)c1ccccc1)C(=O)NCc1c(C)nn(-c2ccccc2)c1C. The summed E-state index contributed by atoms with van der Waals surface area (Å²) in [6, 6.07) is 18.3. The van der Waals surface area contributed by atoms with Crippen molar-refractivity contribution in [3.8, 4) is 5.69 Å². The highest BCUT2D eigenvalue weighted by Gasteiger charge is 2.22. The van der Waals surface area contributed by atoms with Crippen molar-refractivity contribution in [1.29, 1.82) is 0 Å². The Balaban J connectivity index is 1.69. The van der Waals surface area contributed by atoms with Gasteiger partial charge in [-0.05, 0) is 56.5 Å². The third kappa shape index (κ3) is 5.76. The lowest BCUT2D eigenvalue weighted by Crippen LogP contribution is -2.47. The largest absolute Gasteiger partial charge is 0.350 e. The third-order valence-corrected chi connectivity index (χ3v) is 5.79. The first-order valence-corrected chi connectivity index (χ1v) is 11.6. The summed E-state index contributed by atoms with van der Waals surface area (Å²) in [5, 5.41) is 10.5. The molecule has 31 heavy (non-hydrogen) atoms. The Bertz CT molecular complexity index is 1020. The maximum absolute atomic E-state index is 12.9. The zero-order valence-electron chi connectivity index (χ0n) is 18.1. The number of hydrogen-bond acceptors (Lipinski definition) is 4. The van der Waals surface area contributed by atoms with Crippen LogP contribution in [0.5, 0.6) is 0 Å². The smallest absolute Gasteiger partial charge is 0.251 e. The molecule has 0 radical (unpaired) electrons. The molecule has 3 aromatic rings. The van der Waals surface area contributed by atoms with E-state index in [9.17, 15) is 9.59 Å². The number of thioether (sulfide) groups is 1. The molecule has 3 rings (SSSR count). The van der Waals surface area contributed by atoms with Crippen molar-refractivity contribution in [1.82, 2.24) is 20.4 Å². The van der Waals surface area contributed by atoms with Crippen LogP contribution in [0, 0.1) is 13.8 Å².